The van der Waals surface area contributed by atoms with E-state index in [1.165, 1.54) is 81.6 Å². The molecule has 0 bridgehead atoms. The highest BCUT2D eigenvalue weighted by Gasteiger charge is 2.24. The van der Waals surface area contributed by atoms with Gasteiger partial charge in [0.2, 0.25) is 0 Å². The van der Waals surface area contributed by atoms with Crippen LogP contribution in [-0.4, -0.2) is 33.2 Å². The van der Waals surface area contributed by atoms with E-state index < -0.39 is 0 Å². The third-order valence-corrected chi connectivity index (χ3v) is 22.4. The Kier molecular flexibility index (Phi) is 14.5. The van der Waals surface area contributed by atoms with Gasteiger partial charge in [-0.05, 0) is 160 Å². The molecule has 0 spiro atoms. The van der Waals surface area contributed by atoms with Crippen molar-refractivity contribution in [2.75, 3.05) is 0 Å². The summed E-state index contributed by atoms with van der Waals surface area (Å²) in [5, 5.41) is 12.1. The molecule has 0 fully saturated rings. The molecule has 22 aromatic rings. The van der Waals surface area contributed by atoms with Crippen LogP contribution in [0.4, 0.5) is 0 Å². The average Bonchev–Trinajstić information content (AvgIpc) is 1.56. The summed E-state index contributed by atoms with van der Waals surface area (Å²) < 4.78 is 9.77. The van der Waals surface area contributed by atoms with Gasteiger partial charge in [0.1, 0.15) is 0 Å². The Morgan fingerprint density at radius 3 is 1.01 bits per heavy atom. The molecule has 22 rings (SSSR count). The van der Waals surface area contributed by atoms with Crippen molar-refractivity contribution >= 4 is 98.0 Å². The van der Waals surface area contributed by atoms with Crippen molar-refractivity contribution in [1.29, 1.82) is 0 Å². The summed E-state index contributed by atoms with van der Waals surface area (Å²) in [4.78, 5) is 15.7. The van der Waals surface area contributed by atoms with Crippen LogP contribution in [0.5, 0.6) is 0 Å². The summed E-state index contributed by atoms with van der Waals surface area (Å²) in [6, 6.07) is 143. The smallest absolute Gasteiger partial charge is 0.160 e. The van der Waals surface area contributed by atoms with Gasteiger partial charge in [-0.25, -0.2) is 15.0 Å². The first kappa shape index (κ1) is 62.6. The number of rotatable bonds is 12. The van der Waals surface area contributed by atoms with Crippen molar-refractivity contribution in [3.63, 3.8) is 0 Å². The summed E-state index contributed by atoms with van der Waals surface area (Å²) in [6.07, 6.45) is 0. The molecule has 6 heterocycles. The summed E-state index contributed by atoms with van der Waals surface area (Å²) in [6.45, 7) is 0. The molecule has 0 amide bonds. The van der Waals surface area contributed by atoms with Crippen LogP contribution in [0.1, 0.15) is 0 Å². The van der Waals surface area contributed by atoms with Gasteiger partial charge in [0, 0.05) is 93.4 Å². The SMILES string of the molecule is c1ccc(-c2cc(-c3ccc(-n4c5ccccc5c5cc6c(cc54)c4ccccc4n6-c4cccc5ccccc45)cc3)cc(-c3ccc(-c4ccccc4-c4cccc(-n5c6ccccc6c6cc7c(cc65)c5ccccc5n7-c5ccc(-c6nc(-c7ccccc7)cc(-c7ccccc7)n6)cc5)c4)cc3)n2)cc1. The summed E-state index contributed by atoms with van der Waals surface area (Å²) >= 11 is 0. The van der Waals surface area contributed by atoms with E-state index in [0.29, 0.717) is 5.82 Å². The van der Waals surface area contributed by atoms with Gasteiger partial charge in [0.05, 0.1) is 72.6 Å². The van der Waals surface area contributed by atoms with Crippen LogP contribution < -0.4 is 0 Å². The Labute approximate surface area is 634 Å². The number of nitrogens with zero attached hydrogens (tertiary/aromatic N) is 7. The maximum Gasteiger partial charge on any atom is 0.160 e. The van der Waals surface area contributed by atoms with Gasteiger partial charge in [-0.3, -0.25) is 0 Å². The lowest BCUT2D eigenvalue weighted by Crippen LogP contribution is -1.97. The molecule has 0 aliphatic carbocycles. The van der Waals surface area contributed by atoms with Crippen molar-refractivity contribution in [3.05, 3.63) is 394 Å². The van der Waals surface area contributed by atoms with Gasteiger partial charge in [-0.15, -0.1) is 0 Å². The Bertz CT molecular complexity index is 7350. The lowest BCUT2D eigenvalue weighted by atomic mass is 9.93. The lowest BCUT2D eigenvalue weighted by molar-refractivity contribution is 1.16. The van der Waals surface area contributed by atoms with Gasteiger partial charge in [-0.1, -0.05) is 273 Å². The first-order valence-corrected chi connectivity index (χ1v) is 37.5. The van der Waals surface area contributed by atoms with Crippen LogP contribution in [0.15, 0.2) is 394 Å². The van der Waals surface area contributed by atoms with Gasteiger partial charge in [-0.2, -0.15) is 0 Å². The van der Waals surface area contributed by atoms with Crippen LogP contribution in [0.2, 0.25) is 0 Å². The lowest BCUT2D eigenvalue weighted by Gasteiger charge is -2.14. The second kappa shape index (κ2) is 25.5. The monoisotopic (exact) mass is 1400 g/mol. The van der Waals surface area contributed by atoms with Gasteiger partial charge >= 0.3 is 0 Å². The van der Waals surface area contributed by atoms with E-state index in [4.69, 9.17) is 15.0 Å². The zero-order valence-corrected chi connectivity index (χ0v) is 59.7. The molecular weight excluding hydrogens is 1340 g/mol. The van der Waals surface area contributed by atoms with Crippen molar-refractivity contribution in [2.24, 2.45) is 0 Å². The summed E-state index contributed by atoms with van der Waals surface area (Å²) in [7, 11) is 0. The van der Waals surface area contributed by atoms with Crippen LogP contribution in [-0.2, 0) is 0 Å². The minimum Gasteiger partial charge on any atom is -0.309 e. The van der Waals surface area contributed by atoms with E-state index in [0.717, 1.165) is 123 Å². The topological polar surface area (TPSA) is 58.4 Å². The van der Waals surface area contributed by atoms with Crippen LogP contribution in [0.3, 0.4) is 0 Å². The van der Waals surface area contributed by atoms with Crippen molar-refractivity contribution in [1.82, 2.24) is 33.2 Å². The van der Waals surface area contributed by atoms with E-state index in [2.05, 4.69) is 400 Å². The van der Waals surface area contributed by atoms with Crippen LogP contribution in [0.25, 0.3) is 211 Å². The summed E-state index contributed by atoms with van der Waals surface area (Å²) in [5.74, 6) is 0.682. The highest BCUT2D eigenvalue weighted by molar-refractivity contribution is 6.21. The van der Waals surface area contributed by atoms with E-state index in [9.17, 15) is 0 Å². The molecular formula is C103H65N7. The molecule has 512 valence electrons. The maximum atomic E-state index is 5.42. The molecule has 110 heavy (non-hydrogen) atoms. The third kappa shape index (κ3) is 10.3. The fraction of sp³-hybridized carbons (Fsp3) is 0. The summed E-state index contributed by atoms with van der Waals surface area (Å²) in [5.41, 5.74) is 29.2. The fourth-order valence-electron chi connectivity index (χ4n) is 17.2. The number of hydrogen-bond donors (Lipinski definition) is 0. The van der Waals surface area contributed by atoms with Gasteiger partial charge < -0.3 is 18.3 Å². The number of aromatic nitrogens is 7. The Morgan fingerprint density at radius 2 is 0.509 bits per heavy atom. The van der Waals surface area contributed by atoms with E-state index in [-0.39, 0.29) is 0 Å². The molecule has 0 unspecified atom stereocenters. The molecule has 0 N–H and O–H groups in total. The van der Waals surface area contributed by atoms with Crippen molar-refractivity contribution in [3.8, 4) is 113 Å². The first-order chi connectivity index (χ1) is 54.5. The molecule has 6 aromatic heterocycles. The minimum atomic E-state index is 0.682. The molecule has 0 atom stereocenters. The fourth-order valence-corrected chi connectivity index (χ4v) is 17.2. The Morgan fingerprint density at radius 1 is 0.164 bits per heavy atom. The third-order valence-electron chi connectivity index (χ3n) is 22.4. The molecule has 0 aliphatic rings. The predicted molar refractivity (Wildman–Crippen MR) is 458 cm³/mol. The highest BCUT2D eigenvalue weighted by Crippen LogP contribution is 2.45. The zero-order valence-electron chi connectivity index (χ0n) is 59.7. The minimum absolute atomic E-state index is 0.682. The Balaban J connectivity index is 0.596. The number of fused-ring (bicyclic) bond motifs is 13. The second-order valence-electron chi connectivity index (χ2n) is 28.6. The number of pyridine rings is 1. The first-order valence-electron chi connectivity index (χ1n) is 37.5. The standard InChI is InChI=1S/C103H65N7/c1-4-25-69(26-5-1)90-59-75(66-50-54-76(55-51-66)107-96-42-19-15-38-83(96)88-64-102-89(63-100(88)107)85-40-17-21-44-98(85)110(102)94-45-23-31-67-24-10-11-36-81(67)94)60-91(104-90)72-48-46-68(47-49-72)79-34-12-13-35-80(79)74-32-22-33-78(58-74)109-97-43-20-16-39-84(97)87-61-99-86(62-101(87)109)82-37-14-18-41-95(82)108(99)77-56-52-73(53-57-77)103-105-92(70-27-6-2-7-28-70)65-93(106-103)71-29-8-3-9-30-71/h1-65H. The van der Waals surface area contributed by atoms with Gasteiger partial charge in [0.25, 0.3) is 0 Å². The molecule has 0 saturated carbocycles. The number of hydrogen-bond acceptors (Lipinski definition) is 3. The second-order valence-corrected chi connectivity index (χ2v) is 28.6. The molecule has 0 aliphatic heterocycles. The maximum absolute atomic E-state index is 5.42. The zero-order chi connectivity index (χ0) is 72.3. The molecule has 16 aromatic carbocycles. The average molecular weight is 1400 g/mol. The molecule has 0 saturated heterocycles. The number of para-hydroxylation sites is 4. The highest BCUT2D eigenvalue weighted by atomic mass is 15.0. The van der Waals surface area contributed by atoms with E-state index >= 15 is 0 Å². The van der Waals surface area contributed by atoms with Crippen LogP contribution >= 0.6 is 0 Å². The van der Waals surface area contributed by atoms with E-state index in [1.807, 2.05) is 12.1 Å². The number of benzene rings is 16. The van der Waals surface area contributed by atoms with E-state index in [1.54, 1.807) is 0 Å². The molecule has 7 nitrogen and oxygen atoms in total. The Hall–Kier alpha value is -14.8. The molecule has 0 radical (unpaired) electrons. The predicted octanol–water partition coefficient (Wildman–Crippen LogP) is 26.7. The van der Waals surface area contributed by atoms with Crippen molar-refractivity contribution in [2.45, 2.75) is 0 Å². The molecule has 7 heteroatoms. The van der Waals surface area contributed by atoms with Gasteiger partial charge in [0.15, 0.2) is 5.82 Å². The quantitative estimate of drug-likeness (QED) is 0.122. The van der Waals surface area contributed by atoms with Crippen molar-refractivity contribution < 1.29 is 0 Å². The van der Waals surface area contributed by atoms with Crippen LogP contribution in [0, 0.1) is 0 Å². The largest absolute Gasteiger partial charge is 0.309 e. The normalized spacial score (nSPS) is 11.8.